The standard InChI is InChI=1S/C15H16ClN3O2/c1-20-12-3-2-9-14(13(12)16)17-8-18-15(9)19-6-4-11-10(19)5-7-21-11/h2-3,8,10-11H,4-7H2,1H3/t10?,11-/m0/s1. The van der Waals surface area contributed by atoms with Gasteiger partial charge in [0.15, 0.2) is 0 Å². The summed E-state index contributed by atoms with van der Waals surface area (Å²) in [5.74, 6) is 1.58. The molecule has 0 N–H and O–H groups in total. The van der Waals surface area contributed by atoms with Crippen molar-refractivity contribution in [1.29, 1.82) is 0 Å². The van der Waals surface area contributed by atoms with Crippen LogP contribution in [-0.2, 0) is 4.74 Å². The van der Waals surface area contributed by atoms with E-state index >= 15 is 0 Å². The van der Waals surface area contributed by atoms with Crippen LogP contribution in [0.2, 0.25) is 5.02 Å². The Morgan fingerprint density at radius 3 is 3.10 bits per heavy atom. The first-order chi connectivity index (χ1) is 10.3. The fourth-order valence-corrected chi connectivity index (χ4v) is 3.71. The molecule has 2 aliphatic heterocycles. The minimum atomic E-state index is 0.337. The van der Waals surface area contributed by atoms with Crippen LogP contribution in [0.25, 0.3) is 10.9 Å². The van der Waals surface area contributed by atoms with Gasteiger partial charge < -0.3 is 14.4 Å². The number of hydrogen-bond donors (Lipinski definition) is 0. The Balaban J connectivity index is 1.84. The molecule has 0 bridgehead atoms. The Bertz CT molecular complexity index is 694. The average molecular weight is 306 g/mol. The van der Waals surface area contributed by atoms with E-state index in [-0.39, 0.29) is 0 Å². The maximum atomic E-state index is 6.37. The highest BCUT2D eigenvalue weighted by atomic mass is 35.5. The van der Waals surface area contributed by atoms with Gasteiger partial charge in [-0.05, 0) is 25.0 Å². The van der Waals surface area contributed by atoms with E-state index in [1.807, 2.05) is 12.1 Å². The normalized spacial score (nSPS) is 24.6. The Kier molecular flexibility index (Phi) is 3.12. The van der Waals surface area contributed by atoms with E-state index in [0.29, 0.717) is 22.9 Å². The summed E-state index contributed by atoms with van der Waals surface area (Å²) in [4.78, 5) is 11.2. The van der Waals surface area contributed by atoms with Gasteiger partial charge in [0, 0.05) is 18.5 Å². The van der Waals surface area contributed by atoms with Crippen LogP contribution in [0, 0.1) is 0 Å². The van der Waals surface area contributed by atoms with E-state index in [1.165, 1.54) is 0 Å². The predicted octanol–water partition coefficient (Wildman–Crippen LogP) is 2.66. The lowest BCUT2D eigenvalue weighted by atomic mass is 10.1. The van der Waals surface area contributed by atoms with Gasteiger partial charge in [0.25, 0.3) is 0 Å². The number of halogens is 1. The number of nitrogens with zero attached hydrogens (tertiary/aromatic N) is 3. The summed E-state index contributed by atoms with van der Waals surface area (Å²) >= 11 is 6.37. The van der Waals surface area contributed by atoms with Gasteiger partial charge in [-0.15, -0.1) is 0 Å². The first-order valence-corrected chi connectivity index (χ1v) is 7.53. The van der Waals surface area contributed by atoms with Crippen molar-refractivity contribution in [3.63, 3.8) is 0 Å². The van der Waals surface area contributed by atoms with E-state index in [0.717, 1.165) is 42.7 Å². The van der Waals surface area contributed by atoms with E-state index in [1.54, 1.807) is 13.4 Å². The van der Waals surface area contributed by atoms with Gasteiger partial charge in [0.1, 0.15) is 22.9 Å². The maximum absolute atomic E-state index is 6.37. The Labute approximate surface area is 127 Å². The average Bonchev–Trinajstić information content (AvgIpc) is 3.10. The molecule has 0 spiro atoms. The van der Waals surface area contributed by atoms with E-state index in [2.05, 4.69) is 14.9 Å². The summed E-state index contributed by atoms with van der Waals surface area (Å²) < 4.78 is 11.0. The fourth-order valence-electron chi connectivity index (χ4n) is 3.41. The Hall–Kier alpha value is -1.59. The fraction of sp³-hybridized carbons (Fsp3) is 0.467. The summed E-state index contributed by atoms with van der Waals surface area (Å²) in [6.45, 7) is 1.80. The van der Waals surface area contributed by atoms with Crippen molar-refractivity contribution in [2.75, 3.05) is 25.2 Å². The highest BCUT2D eigenvalue weighted by Crippen LogP contribution is 2.38. The third-order valence-corrected chi connectivity index (χ3v) is 4.78. The van der Waals surface area contributed by atoms with Crippen molar-refractivity contribution in [2.45, 2.75) is 25.0 Å². The zero-order valence-electron chi connectivity index (χ0n) is 11.8. The lowest BCUT2D eigenvalue weighted by molar-refractivity contribution is 0.113. The smallest absolute Gasteiger partial charge is 0.140 e. The molecule has 1 aromatic carbocycles. The van der Waals surface area contributed by atoms with Crippen molar-refractivity contribution in [3.8, 4) is 5.75 Å². The monoisotopic (exact) mass is 305 g/mol. The minimum Gasteiger partial charge on any atom is -0.495 e. The number of aromatic nitrogens is 2. The number of benzene rings is 1. The molecule has 2 saturated heterocycles. The lowest BCUT2D eigenvalue weighted by Gasteiger charge is -2.25. The molecule has 6 heteroatoms. The van der Waals surface area contributed by atoms with Crippen LogP contribution in [0.15, 0.2) is 18.5 Å². The van der Waals surface area contributed by atoms with Crippen molar-refractivity contribution in [3.05, 3.63) is 23.5 Å². The molecule has 0 radical (unpaired) electrons. The summed E-state index contributed by atoms with van der Waals surface area (Å²) in [7, 11) is 1.61. The van der Waals surface area contributed by atoms with E-state index in [4.69, 9.17) is 21.1 Å². The molecule has 110 valence electrons. The zero-order chi connectivity index (χ0) is 14.4. The van der Waals surface area contributed by atoms with Crippen molar-refractivity contribution in [2.24, 2.45) is 0 Å². The molecule has 2 aromatic rings. The van der Waals surface area contributed by atoms with Gasteiger partial charge in [0.05, 0.1) is 24.8 Å². The molecule has 21 heavy (non-hydrogen) atoms. The third-order valence-electron chi connectivity index (χ3n) is 4.41. The molecule has 3 heterocycles. The van der Waals surface area contributed by atoms with Crippen LogP contribution in [0.5, 0.6) is 5.75 Å². The number of anilines is 1. The highest BCUT2D eigenvalue weighted by molar-refractivity contribution is 6.36. The molecule has 0 saturated carbocycles. The van der Waals surface area contributed by atoms with E-state index in [9.17, 15) is 0 Å². The SMILES string of the molecule is COc1ccc2c(N3CC[C@@H]4OCCC43)ncnc2c1Cl. The van der Waals surface area contributed by atoms with Crippen LogP contribution < -0.4 is 9.64 Å². The lowest BCUT2D eigenvalue weighted by Crippen LogP contribution is -2.32. The molecule has 4 rings (SSSR count). The maximum Gasteiger partial charge on any atom is 0.140 e. The summed E-state index contributed by atoms with van der Waals surface area (Å²) in [5, 5.41) is 1.51. The highest BCUT2D eigenvalue weighted by Gasteiger charge is 2.39. The van der Waals surface area contributed by atoms with Gasteiger partial charge in [-0.25, -0.2) is 9.97 Å². The largest absolute Gasteiger partial charge is 0.495 e. The van der Waals surface area contributed by atoms with Gasteiger partial charge in [-0.1, -0.05) is 11.6 Å². The predicted molar refractivity (Wildman–Crippen MR) is 81.2 cm³/mol. The molecule has 0 aliphatic carbocycles. The van der Waals surface area contributed by atoms with Gasteiger partial charge in [-0.2, -0.15) is 0 Å². The second-order valence-electron chi connectivity index (χ2n) is 5.42. The summed E-state index contributed by atoms with van der Waals surface area (Å²) in [5.41, 5.74) is 0.739. The molecular formula is C15H16ClN3O2. The van der Waals surface area contributed by atoms with Gasteiger partial charge >= 0.3 is 0 Å². The molecule has 2 aliphatic rings. The molecule has 1 unspecified atom stereocenters. The molecule has 2 fully saturated rings. The number of methoxy groups -OCH3 is 1. The molecular weight excluding hydrogens is 290 g/mol. The van der Waals surface area contributed by atoms with Crippen LogP contribution in [0.1, 0.15) is 12.8 Å². The molecule has 0 amide bonds. The number of ether oxygens (including phenoxy) is 2. The zero-order valence-corrected chi connectivity index (χ0v) is 12.5. The van der Waals surface area contributed by atoms with E-state index < -0.39 is 0 Å². The summed E-state index contributed by atoms with van der Waals surface area (Å²) in [6, 6.07) is 4.28. The van der Waals surface area contributed by atoms with Crippen LogP contribution in [0.3, 0.4) is 0 Å². The quantitative estimate of drug-likeness (QED) is 0.853. The van der Waals surface area contributed by atoms with Crippen molar-refractivity contribution < 1.29 is 9.47 Å². The molecule has 5 nitrogen and oxygen atoms in total. The van der Waals surface area contributed by atoms with Crippen molar-refractivity contribution in [1.82, 2.24) is 9.97 Å². The second kappa shape index (κ2) is 5.00. The third kappa shape index (κ3) is 1.95. The Morgan fingerprint density at radius 1 is 1.33 bits per heavy atom. The number of hydrogen-bond acceptors (Lipinski definition) is 5. The topological polar surface area (TPSA) is 47.5 Å². The Morgan fingerprint density at radius 2 is 2.24 bits per heavy atom. The summed E-state index contributed by atoms with van der Waals surface area (Å²) in [6.07, 6.45) is 4.02. The first-order valence-electron chi connectivity index (χ1n) is 7.15. The van der Waals surface area contributed by atoms with Gasteiger partial charge in [-0.3, -0.25) is 0 Å². The van der Waals surface area contributed by atoms with Crippen LogP contribution >= 0.6 is 11.6 Å². The van der Waals surface area contributed by atoms with Crippen LogP contribution in [0.4, 0.5) is 5.82 Å². The second-order valence-corrected chi connectivity index (χ2v) is 5.80. The first kappa shape index (κ1) is 13.1. The molecule has 2 atom stereocenters. The number of rotatable bonds is 2. The van der Waals surface area contributed by atoms with Crippen LogP contribution in [-0.4, -0.2) is 42.4 Å². The van der Waals surface area contributed by atoms with Crippen molar-refractivity contribution >= 4 is 28.3 Å². The number of fused-ring (bicyclic) bond motifs is 2. The minimum absolute atomic E-state index is 0.337. The molecule has 1 aromatic heterocycles. The van der Waals surface area contributed by atoms with Gasteiger partial charge in [0.2, 0.25) is 0 Å².